The smallest absolute Gasteiger partial charge is 0.123 e. The van der Waals surface area contributed by atoms with Crippen molar-refractivity contribution in [2.24, 2.45) is 0 Å². The molecule has 0 saturated heterocycles. The van der Waals surface area contributed by atoms with Gasteiger partial charge in [0.1, 0.15) is 12.4 Å². The van der Waals surface area contributed by atoms with Crippen molar-refractivity contribution in [2.45, 2.75) is 20.0 Å². The van der Waals surface area contributed by atoms with E-state index in [4.69, 9.17) is 4.74 Å². The van der Waals surface area contributed by atoms with Crippen LogP contribution in [0.1, 0.15) is 22.3 Å². The first kappa shape index (κ1) is 9.46. The van der Waals surface area contributed by atoms with Crippen LogP contribution in [0.2, 0.25) is 0 Å². The van der Waals surface area contributed by atoms with Crippen LogP contribution in [0.5, 0.6) is 5.75 Å². The first-order chi connectivity index (χ1) is 7.84. The Labute approximate surface area is 95.7 Å². The summed E-state index contributed by atoms with van der Waals surface area (Å²) in [5.41, 5.74) is 5.33. The van der Waals surface area contributed by atoms with Gasteiger partial charge in [-0.3, -0.25) is 0 Å². The summed E-state index contributed by atoms with van der Waals surface area (Å²) in [6, 6.07) is 14.8. The maximum Gasteiger partial charge on any atom is 0.123 e. The molecule has 0 saturated carbocycles. The Bertz CT molecular complexity index is 529. The van der Waals surface area contributed by atoms with Crippen LogP contribution in [0.25, 0.3) is 0 Å². The fourth-order valence-corrected chi connectivity index (χ4v) is 2.25. The standard InChI is InChI=1S/C15H14O/c1-11-5-4-8-15-14(11)9-12-6-2-3-7-13(12)10-16-15/h2-8H,9-10H2,1H3. The molecule has 3 rings (SSSR count). The third kappa shape index (κ3) is 1.49. The number of hydrogen-bond acceptors (Lipinski definition) is 1. The molecule has 2 aromatic rings. The summed E-state index contributed by atoms with van der Waals surface area (Å²) in [6.07, 6.45) is 0.984. The fourth-order valence-electron chi connectivity index (χ4n) is 2.25. The van der Waals surface area contributed by atoms with E-state index in [0.717, 1.165) is 12.2 Å². The molecule has 16 heavy (non-hydrogen) atoms. The summed E-state index contributed by atoms with van der Waals surface area (Å²) in [4.78, 5) is 0. The fraction of sp³-hybridized carbons (Fsp3) is 0.200. The summed E-state index contributed by atoms with van der Waals surface area (Å²) in [5, 5.41) is 0. The van der Waals surface area contributed by atoms with Crippen LogP contribution < -0.4 is 4.74 Å². The molecule has 0 aliphatic carbocycles. The molecule has 80 valence electrons. The van der Waals surface area contributed by atoms with Crippen molar-refractivity contribution in [3.05, 3.63) is 64.7 Å². The molecule has 1 nitrogen and oxygen atoms in total. The molecule has 1 heteroatoms. The van der Waals surface area contributed by atoms with Gasteiger partial charge in [-0.1, -0.05) is 36.4 Å². The number of fused-ring (bicyclic) bond motifs is 2. The molecule has 0 amide bonds. The zero-order valence-electron chi connectivity index (χ0n) is 9.36. The van der Waals surface area contributed by atoms with Crippen LogP contribution in [0, 0.1) is 6.92 Å². The predicted molar refractivity (Wildman–Crippen MR) is 64.8 cm³/mol. The van der Waals surface area contributed by atoms with Gasteiger partial charge < -0.3 is 4.74 Å². The van der Waals surface area contributed by atoms with Crippen molar-refractivity contribution in [1.29, 1.82) is 0 Å². The second-order valence-corrected chi connectivity index (χ2v) is 4.29. The lowest BCUT2D eigenvalue weighted by atomic mass is 9.98. The minimum Gasteiger partial charge on any atom is -0.489 e. The van der Waals surface area contributed by atoms with Gasteiger partial charge in [-0.05, 0) is 29.7 Å². The second-order valence-electron chi connectivity index (χ2n) is 4.29. The van der Waals surface area contributed by atoms with Crippen LogP contribution in [0.3, 0.4) is 0 Å². The molecule has 0 aromatic heterocycles. The molecule has 0 atom stereocenters. The van der Waals surface area contributed by atoms with Gasteiger partial charge in [-0.15, -0.1) is 0 Å². The van der Waals surface area contributed by atoms with Gasteiger partial charge in [-0.25, -0.2) is 0 Å². The van der Waals surface area contributed by atoms with Crippen LogP contribution in [-0.2, 0) is 13.0 Å². The van der Waals surface area contributed by atoms with E-state index >= 15 is 0 Å². The Hall–Kier alpha value is -1.76. The lowest BCUT2D eigenvalue weighted by Crippen LogP contribution is -1.94. The van der Waals surface area contributed by atoms with Crippen molar-refractivity contribution < 1.29 is 4.74 Å². The van der Waals surface area contributed by atoms with Crippen molar-refractivity contribution in [2.75, 3.05) is 0 Å². The van der Waals surface area contributed by atoms with Gasteiger partial charge >= 0.3 is 0 Å². The quantitative estimate of drug-likeness (QED) is 0.647. The largest absolute Gasteiger partial charge is 0.489 e. The molecule has 0 spiro atoms. The van der Waals surface area contributed by atoms with Crippen molar-refractivity contribution >= 4 is 0 Å². The van der Waals surface area contributed by atoms with Gasteiger partial charge in [0.2, 0.25) is 0 Å². The molecule has 0 unspecified atom stereocenters. The summed E-state index contributed by atoms with van der Waals surface area (Å²) in [7, 11) is 0. The molecule has 2 aromatic carbocycles. The number of rotatable bonds is 0. The normalized spacial score (nSPS) is 13.3. The van der Waals surface area contributed by atoms with Crippen LogP contribution in [-0.4, -0.2) is 0 Å². The monoisotopic (exact) mass is 210 g/mol. The van der Waals surface area contributed by atoms with E-state index in [1.807, 2.05) is 0 Å². The van der Waals surface area contributed by atoms with Crippen LogP contribution in [0.4, 0.5) is 0 Å². The molecule has 1 aliphatic heterocycles. The molecule has 1 aliphatic rings. The summed E-state index contributed by atoms with van der Waals surface area (Å²) in [5.74, 6) is 1.04. The molecule has 1 heterocycles. The highest BCUT2D eigenvalue weighted by Crippen LogP contribution is 2.30. The summed E-state index contributed by atoms with van der Waals surface area (Å²) >= 11 is 0. The molecule has 0 fully saturated rings. The van der Waals surface area contributed by atoms with E-state index < -0.39 is 0 Å². The average Bonchev–Trinajstić information content (AvgIpc) is 2.50. The van der Waals surface area contributed by atoms with E-state index in [0.29, 0.717) is 6.61 Å². The van der Waals surface area contributed by atoms with E-state index in [9.17, 15) is 0 Å². The Morgan fingerprint density at radius 3 is 2.62 bits per heavy atom. The number of hydrogen-bond donors (Lipinski definition) is 0. The second kappa shape index (κ2) is 3.67. The zero-order chi connectivity index (χ0) is 11.0. The molecule has 0 N–H and O–H groups in total. The molecular formula is C15H14O. The first-order valence-electron chi connectivity index (χ1n) is 5.62. The predicted octanol–water partition coefficient (Wildman–Crippen LogP) is 3.48. The zero-order valence-corrected chi connectivity index (χ0v) is 9.36. The SMILES string of the molecule is Cc1cccc2c1Cc1ccccc1CO2. The summed E-state index contributed by atoms with van der Waals surface area (Å²) in [6.45, 7) is 2.84. The highest BCUT2D eigenvalue weighted by Gasteiger charge is 2.14. The maximum atomic E-state index is 5.86. The Morgan fingerprint density at radius 2 is 1.75 bits per heavy atom. The Balaban J connectivity index is 2.13. The third-order valence-corrected chi connectivity index (χ3v) is 3.24. The van der Waals surface area contributed by atoms with Gasteiger partial charge in [0.15, 0.2) is 0 Å². The average molecular weight is 210 g/mol. The van der Waals surface area contributed by atoms with Gasteiger partial charge in [0.25, 0.3) is 0 Å². The molecule has 0 bridgehead atoms. The van der Waals surface area contributed by atoms with Gasteiger partial charge in [0.05, 0.1) is 0 Å². The van der Waals surface area contributed by atoms with E-state index in [1.165, 1.54) is 22.3 Å². The lowest BCUT2D eigenvalue weighted by Gasteiger charge is -2.08. The topological polar surface area (TPSA) is 9.23 Å². The van der Waals surface area contributed by atoms with Gasteiger partial charge in [-0.2, -0.15) is 0 Å². The minimum atomic E-state index is 0.687. The molecular weight excluding hydrogens is 196 g/mol. The number of aryl methyl sites for hydroxylation is 1. The van der Waals surface area contributed by atoms with E-state index in [2.05, 4.69) is 49.4 Å². The minimum absolute atomic E-state index is 0.687. The van der Waals surface area contributed by atoms with Crippen molar-refractivity contribution in [1.82, 2.24) is 0 Å². The van der Waals surface area contributed by atoms with E-state index in [-0.39, 0.29) is 0 Å². The summed E-state index contributed by atoms with van der Waals surface area (Å²) < 4.78 is 5.86. The van der Waals surface area contributed by atoms with Crippen LogP contribution in [0.15, 0.2) is 42.5 Å². The van der Waals surface area contributed by atoms with Gasteiger partial charge in [0, 0.05) is 12.0 Å². The number of benzene rings is 2. The van der Waals surface area contributed by atoms with Crippen molar-refractivity contribution in [3.8, 4) is 5.75 Å². The maximum absolute atomic E-state index is 5.86. The molecule has 0 radical (unpaired) electrons. The van der Waals surface area contributed by atoms with E-state index in [1.54, 1.807) is 0 Å². The Kier molecular flexibility index (Phi) is 2.17. The van der Waals surface area contributed by atoms with Crippen LogP contribution >= 0.6 is 0 Å². The lowest BCUT2D eigenvalue weighted by molar-refractivity contribution is 0.307. The first-order valence-corrected chi connectivity index (χ1v) is 5.62. The highest BCUT2D eigenvalue weighted by molar-refractivity contribution is 5.46. The Morgan fingerprint density at radius 1 is 0.938 bits per heavy atom. The highest BCUT2D eigenvalue weighted by atomic mass is 16.5. The van der Waals surface area contributed by atoms with Crippen molar-refractivity contribution in [3.63, 3.8) is 0 Å². The third-order valence-electron chi connectivity index (χ3n) is 3.24. The number of ether oxygens (including phenoxy) is 1.